The molecule has 1 aliphatic carbocycles. The number of nitrogens with zero attached hydrogens (tertiary/aromatic N) is 1. The maximum absolute atomic E-state index is 13.1. The van der Waals surface area contributed by atoms with E-state index in [0.29, 0.717) is 39.1 Å². The summed E-state index contributed by atoms with van der Waals surface area (Å²) in [4.78, 5) is 26.9. The number of benzene rings is 2. The lowest BCUT2D eigenvalue weighted by molar-refractivity contribution is -0.148. The molecule has 1 atom stereocenters. The Hall–Kier alpha value is -3.63. The van der Waals surface area contributed by atoms with Crippen molar-refractivity contribution >= 4 is 28.2 Å². The van der Waals surface area contributed by atoms with Crippen LogP contribution in [0.2, 0.25) is 0 Å². The number of carbonyl (C=O) groups excluding carboxylic acids is 2. The van der Waals surface area contributed by atoms with E-state index in [1.807, 2.05) is 36.4 Å². The highest BCUT2D eigenvalue weighted by molar-refractivity contribution is 7.16. The number of esters is 1. The van der Waals surface area contributed by atoms with Crippen molar-refractivity contribution in [2.45, 2.75) is 32.1 Å². The SMILES string of the molecule is CC1CCc2c(sc(NC(=O)COC(=O)C3c4ccccc4Oc4ccccc43)c2C#N)C1. The lowest BCUT2D eigenvalue weighted by Crippen LogP contribution is -2.26. The lowest BCUT2D eigenvalue weighted by atomic mass is 9.88. The zero-order valence-electron chi connectivity index (χ0n) is 18.1. The van der Waals surface area contributed by atoms with Crippen molar-refractivity contribution in [3.05, 3.63) is 75.7 Å². The molecule has 7 heteroatoms. The van der Waals surface area contributed by atoms with Crippen LogP contribution >= 0.6 is 11.3 Å². The topological polar surface area (TPSA) is 88.4 Å². The van der Waals surface area contributed by atoms with E-state index >= 15 is 0 Å². The summed E-state index contributed by atoms with van der Waals surface area (Å²) in [6, 6.07) is 16.9. The third-order valence-corrected chi connectivity index (χ3v) is 7.31. The van der Waals surface area contributed by atoms with Crippen molar-refractivity contribution in [2.75, 3.05) is 11.9 Å². The van der Waals surface area contributed by atoms with Crippen molar-refractivity contribution in [1.82, 2.24) is 0 Å². The average molecular weight is 459 g/mol. The Morgan fingerprint density at radius 1 is 1.15 bits per heavy atom. The molecule has 0 bridgehead atoms. The van der Waals surface area contributed by atoms with Crippen molar-refractivity contribution in [1.29, 1.82) is 5.26 Å². The van der Waals surface area contributed by atoms with Crippen LogP contribution in [0.1, 0.15) is 46.4 Å². The number of fused-ring (bicyclic) bond motifs is 3. The van der Waals surface area contributed by atoms with Gasteiger partial charge in [-0.1, -0.05) is 43.3 Å². The van der Waals surface area contributed by atoms with Gasteiger partial charge in [-0.05, 0) is 42.9 Å². The second kappa shape index (κ2) is 8.72. The smallest absolute Gasteiger partial charge is 0.318 e. The third kappa shape index (κ3) is 3.98. The number of carbonyl (C=O) groups is 2. The predicted octanol–water partition coefficient (Wildman–Crippen LogP) is 5.16. The van der Waals surface area contributed by atoms with Gasteiger partial charge in [-0.3, -0.25) is 9.59 Å². The predicted molar refractivity (Wildman–Crippen MR) is 125 cm³/mol. The van der Waals surface area contributed by atoms with E-state index in [2.05, 4.69) is 18.3 Å². The summed E-state index contributed by atoms with van der Waals surface area (Å²) in [7, 11) is 0. The summed E-state index contributed by atoms with van der Waals surface area (Å²) >= 11 is 1.45. The second-order valence-electron chi connectivity index (χ2n) is 8.43. The summed E-state index contributed by atoms with van der Waals surface area (Å²) in [6.45, 7) is 1.77. The van der Waals surface area contributed by atoms with Crippen molar-refractivity contribution in [3.63, 3.8) is 0 Å². The molecule has 6 nitrogen and oxygen atoms in total. The first kappa shape index (κ1) is 21.2. The highest BCUT2D eigenvalue weighted by atomic mass is 32.1. The van der Waals surface area contributed by atoms with Crippen LogP contribution in [0.25, 0.3) is 0 Å². The van der Waals surface area contributed by atoms with Gasteiger partial charge in [0.25, 0.3) is 5.91 Å². The first-order valence-corrected chi connectivity index (χ1v) is 11.7. The zero-order valence-corrected chi connectivity index (χ0v) is 18.9. The minimum Gasteiger partial charge on any atom is -0.457 e. The second-order valence-corrected chi connectivity index (χ2v) is 9.54. The number of nitriles is 1. The molecule has 1 aliphatic heterocycles. The molecule has 1 amide bonds. The van der Waals surface area contributed by atoms with Gasteiger partial charge in [0.2, 0.25) is 0 Å². The number of thiophene rings is 1. The van der Waals surface area contributed by atoms with Crippen LogP contribution in [-0.4, -0.2) is 18.5 Å². The number of hydrogen-bond donors (Lipinski definition) is 1. The molecule has 0 spiro atoms. The quantitative estimate of drug-likeness (QED) is 0.545. The maximum atomic E-state index is 13.1. The molecule has 1 unspecified atom stereocenters. The summed E-state index contributed by atoms with van der Waals surface area (Å²) in [5.41, 5.74) is 2.99. The van der Waals surface area contributed by atoms with Crippen LogP contribution in [0, 0.1) is 17.2 Å². The van der Waals surface area contributed by atoms with Gasteiger partial charge in [0.05, 0.1) is 5.56 Å². The molecule has 0 saturated heterocycles. The Morgan fingerprint density at radius 2 is 1.82 bits per heavy atom. The standard InChI is InChI=1S/C26H22N2O4S/c1-15-10-11-16-19(13-27)25(33-22(16)12-15)28-23(29)14-31-26(30)24-17-6-2-4-8-20(17)32-21-9-5-3-7-18(21)24/h2-9,15,24H,10-12,14H2,1H3,(H,28,29). The monoisotopic (exact) mass is 458 g/mol. The molecule has 166 valence electrons. The normalized spacial score (nSPS) is 16.4. The third-order valence-electron chi connectivity index (χ3n) is 6.14. The Morgan fingerprint density at radius 3 is 2.48 bits per heavy atom. The van der Waals surface area contributed by atoms with Gasteiger partial charge in [0.1, 0.15) is 28.5 Å². The number of amides is 1. The van der Waals surface area contributed by atoms with Crippen LogP contribution in [-0.2, 0) is 27.2 Å². The van der Waals surface area contributed by atoms with Gasteiger partial charge in [-0.25, -0.2) is 0 Å². The van der Waals surface area contributed by atoms with E-state index in [-0.39, 0.29) is 0 Å². The molecule has 0 fully saturated rings. The molecule has 33 heavy (non-hydrogen) atoms. The summed E-state index contributed by atoms with van der Waals surface area (Å²) in [5.74, 6) is 0.106. The van der Waals surface area contributed by atoms with Gasteiger partial charge < -0.3 is 14.8 Å². The average Bonchev–Trinajstić information content (AvgIpc) is 3.16. The van der Waals surface area contributed by atoms with Crippen LogP contribution in [0.15, 0.2) is 48.5 Å². The highest BCUT2D eigenvalue weighted by Crippen LogP contribution is 2.44. The van der Waals surface area contributed by atoms with Gasteiger partial charge >= 0.3 is 5.97 Å². The molecular formula is C26H22N2O4S. The number of para-hydroxylation sites is 2. The first-order valence-electron chi connectivity index (χ1n) is 10.9. The van der Waals surface area contributed by atoms with Crippen LogP contribution < -0.4 is 10.1 Å². The number of nitrogens with one attached hydrogen (secondary N) is 1. The number of ether oxygens (including phenoxy) is 2. The Bertz CT molecular complexity index is 1240. The Labute approximate surface area is 195 Å². The fourth-order valence-corrected chi connectivity index (χ4v) is 5.88. The molecule has 2 aromatic carbocycles. The fourth-order valence-electron chi connectivity index (χ4n) is 4.50. The molecule has 2 heterocycles. The first-order chi connectivity index (χ1) is 16.0. The summed E-state index contributed by atoms with van der Waals surface area (Å²) < 4.78 is 11.4. The maximum Gasteiger partial charge on any atom is 0.318 e. The van der Waals surface area contributed by atoms with Gasteiger partial charge in [0, 0.05) is 16.0 Å². The number of anilines is 1. The molecule has 2 aliphatic rings. The van der Waals surface area contributed by atoms with E-state index in [1.54, 1.807) is 12.1 Å². The highest BCUT2D eigenvalue weighted by Gasteiger charge is 2.34. The van der Waals surface area contributed by atoms with Gasteiger partial charge in [-0.2, -0.15) is 5.26 Å². The van der Waals surface area contributed by atoms with E-state index in [9.17, 15) is 14.9 Å². The van der Waals surface area contributed by atoms with Gasteiger partial charge in [0.15, 0.2) is 6.61 Å². The van der Waals surface area contributed by atoms with E-state index in [0.717, 1.165) is 29.7 Å². The fraction of sp³-hybridized carbons (Fsp3) is 0.269. The van der Waals surface area contributed by atoms with E-state index in [1.165, 1.54) is 11.3 Å². The molecule has 3 aromatic rings. The minimum absolute atomic E-state index is 0.426. The summed E-state index contributed by atoms with van der Waals surface area (Å²) in [6.07, 6.45) is 2.81. The molecule has 1 aromatic heterocycles. The number of hydrogen-bond acceptors (Lipinski definition) is 6. The minimum atomic E-state index is -0.677. The van der Waals surface area contributed by atoms with Crippen molar-refractivity contribution in [2.24, 2.45) is 5.92 Å². The number of rotatable bonds is 4. The van der Waals surface area contributed by atoms with Crippen molar-refractivity contribution < 1.29 is 19.1 Å². The lowest BCUT2D eigenvalue weighted by Gasteiger charge is -2.26. The molecule has 0 radical (unpaired) electrons. The van der Waals surface area contributed by atoms with E-state index < -0.39 is 24.4 Å². The Kier molecular flexibility index (Phi) is 5.61. The Balaban J connectivity index is 1.31. The van der Waals surface area contributed by atoms with Crippen LogP contribution in [0.4, 0.5) is 5.00 Å². The van der Waals surface area contributed by atoms with Crippen molar-refractivity contribution in [3.8, 4) is 17.6 Å². The van der Waals surface area contributed by atoms with Crippen LogP contribution in [0.3, 0.4) is 0 Å². The molecule has 0 saturated carbocycles. The largest absolute Gasteiger partial charge is 0.457 e. The van der Waals surface area contributed by atoms with Crippen LogP contribution in [0.5, 0.6) is 11.5 Å². The summed E-state index contributed by atoms with van der Waals surface area (Å²) in [5, 5.41) is 13.0. The van der Waals surface area contributed by atoms with E-state index in [4.69, 9.17) is 9.47 Å². The van der Waals surface area contributed by atoms with Gasteiger partial charge in [-0.15, -0.1) is 11.3 Å². The molecule has 5 rings (SSSR count). The molecular weight excluding hydrogens is 436 g/mol. The molecule has 1 N–H and O–H groups in total. The zero-order chi connectivity index (χ0) is 22.9.